The van der Waals surface area contributed by atoms with Gasteiger partial charge in [0.05, 0.1) is 17.3 Å². The fourth-order valence-electron chi connectivity index (χ4n) is 2.74. The third-order valence-electron chi connectivity index (χ3n) is 4.15. The number of hydrogen-bond donors (Lipinski definition) is 2. The van der Waals surface area contributed by atoms with Gasteiger partial charge in [0.25, 0.3) is 5.91 Å². The number of aromatic carboxylic acids is 1. The van der Waals surface area contributed by atoms with Gasteiger partial charge in [-0.1, -0.05) is 12.5 Å². The Morgan fingerprint density at radius 1 is 1.04 bits per heavy atom. The second kappa shape index (κ2) is 7.80. The summed E-state index contributed by atoms with van der Waals surface area (Å²) in [6, 6.07) is 5.99. The summed E-state index contributed by atoms with van der Waals surface area (Å²) in [5, 5.41) is 11.4. The van der Waals surface area contributed by atoms with Gasteiger partial charge in [0.1, 0.15) is 5.69 Å². The Kier molecular flexibility index (Phi) is 5.47. The van der Waals surface area contributed by atoms with Crippen LogP contribution in [0.4, 0.5) is 5.69 Å². The number of piperidine rings is 1. The molecule has 0 atom stereocenters. The largest absolute Gasteiger partial charge is 0.476 e. The van der Waals surface area contributed by atoms with Crippen molar-refractivity contribution in [1.82, 2.24) is 14.3 Å². The quantitative estimate of drug-likeness (QED) is 0.793. The number of nitrogens with one attached hydrogen (secondary N) is 1. The van der Waals surface area contributed by atoms with Crippen LogP contribution in [0.5, 0.6) is 0 Å². The van der Waals surface area contributed by atoms with Gasteiger partial charge >= 0.3 is 5.97 Å². The Bertz CT molecular complexity index is 954. The minimum atomic E-state index is -3.61. The molecule has 1 aromatic carbocycles. The van der Waals surface area contributed by atoms with E-state index in [1.807, 2.05) is 0 Å². The minimum Gasteiger partial charge on any atom is -0.476 e. The fraction of sp³-hybridized carbons (Fsp3) is 0.294. The summed E-state index contributed by atoms with van der Waals surface area (Å²) in [6.45, 7) is 0.981. The number of amides is 1. The molecule has 0 unspecified atom stereocenters. The summed E-state index contributed by atoms with van der Waals surface area (Å²) >= 11 is 0. The smallest absolute Gasteiger partial charge is 0.356 e. The van der Waals surface area contributed by atoms with Crippen LogP contribution >= 0.6 is 0 Å². The van der Waals surface area contributed by atoms with Gasteiger partial charge in [-0.3, -0.25) is 4.79 Å². The van der Waals surface area contributed by atoms with Crippen LogP contribution in [0.15, 0.2) is 41.6 Å². The number of nitrogens with zero attached hydrogens (tertiary/aromatic N) is 3. The Morgan fingerprint density at radius 3 is 2.33 bits per heavy atom. The molecule has 0 spiro atoms. The van der Waals surface area contributed by atoms with E-state index in [-0.39, 0.29) is 16.3 Å². The Balaban J connectivity index is 1.77. The summed E-state index contributed by atoms with van der Waals surface area (Å²) in [7, 11) is -3.61. The van der Waals surface area contributed by atoms with Crippen LogP contribution in [0.25, 0.3) is 0 Å². The lowest BCUT2D eigenvalue weighted by atomic mass is 10.2. The predicted molar refractivity (Wildman–Crippen MR) is 96.0 cm³/mol. The standard InChI is InChI=1S/C17H18N4O5S/c22-16(14-10-19-15(11-18-14)17(23)24)20-12-5-4-6-13(9-12)27(25,26)21-7-2-1-3-8-21/h4-6,9-11H,1-3,7-8H2,(H,20,22)(H,23,24). The van der Waals surface area contributed by atoms with Crippen LogP contribution in [0.2, 0.25) is 0 Å². The lowest BCUT2D eigenvalue weighted by Gasteiger charge is -2.26. The van der Waals surface area contributed by atoms with E-state index in [2.05, 4.69) is 15.3 Å². The topological polar surface area (TPSA) is 130 Å². The molecule has 2 N–H and O–H groups in total. The van der Waals surface area contributed by atoms with Gasteiger partial charge in [-0.15, -0.1) is 0 Å². The molecule has 1 aliphatic heterocycles. The molecule has 3 rings (SSSR count). The van der Waals surface area contributed by atoms with Crippen LogP contribution in [0.3, 0.4) is 0 Å². The molecule has 0 aliphatic carbocycles. The Labute approximate surface area is 156 Å². The van der Waals surface area contributed by atoms with E-state index >= 15 is 0 Å². The van der Waals surface area contributed by atoms with Crippen molar-refractivity contribution in [3.05, 3.63) is 48.0 Å². The molecule has 1 aliphatic rings. The summed E-state index contributed by atoms with van der Waals surface area (Å²) in [5.41, 5.74) is -0.0624. The third-order valence-corrected chi connectivity index (χ3v) is 6.04. The number of aromatic nitrogens is 2. The van der Waals surface area contributed by atoms with Gasteiger partial charge in [-0.25, -0.2) is 23.2 Å². The number of carboxylic acid groups (broad SMARTS) is 1. The molecule has 0 saturated carbocycles. The van der Waals surface area contributed by atoms with E-state index in [4.69, 9.17) is 5.11 Å². The number of carboxylic acids is 1. The summed E-state index contributed by atoms with van der Waals surface area (Å²) in [6.07, 6.45) is 4.72. The molecule has 1 amide bonds. The molecule has 10 heteroatoms. The van der Waals surface area contributed by atoms with Gasteiger partial charge in [0, 0.05) is 18.8 Å². The van der Waals surface area contributed by atoms with Crippen molar-refractivity contribution in [3.8, 4) is 0 Å². The number of sulfonamides is 1. The average Bonchev–Trinajstić information content (AvgIpc) is 2.69. The van der Waals surface area contributed by atoms with Crippen molar-refractivity contribution >= 4 is 27.6 Å². The molecule has 2 aromatic rings. The first-order valence-electron chi connectivity index (χ1n) is 8.35. The summed E-state index contributed by atoms with van der Waals surface area (Å²) in [4.78, 5) is 30.5. The maximum absolute atomic E-state index is 12.7. The second-order valence-corrected chi connectivity index (χ2v) is 7.98. The van der Waals surface area contributed by atoms with E-state index in [1.54, 1.807) is 12.1 Å². The van der Waals surface area contributed by atoms with Crippen molar-refractivity contribution in [1.29, 1.82) is 0 Å². The van der Waals surface area contributed by atoms with E-state index in [0.29, 0.717) is 18.8 Å². The van der Waals surface area contributed by atoms with Gasteiger partial charge in [0.2, 0.25) is 10.0 Å². The van der Waals surface area contributed by atoms with Gasteiger partial charge in [-0.2, -0.15) is 4.31 Å². The highest BCUT2D eigenvalue weighted by Crippen LogP contribution is 2.23. The fourth-order valence-corrected chi connectivity index (χ4v) is 4.30. The Morgan fingerprint density at radius 2 is 1.70 bits per heavy atom. The highest BCUT2D eigenvalue weighted by atomic mass is 32.2. The maximum Gasteiger partial charge on any atom is 0.356 e. The van der Waals surface area contributed by atoms with E-state index < -0.39 is 21.9 Å². The molecular weight excluding hydrogens is 372 g/mol. The molecule has 0 bridgehead atoms. The van der Waals surface area contributed by atoms with E-state index in [1.165, 1.54) is 16.4 Å². The second-order valence-electron chi connectivity index (χ2n) is 6.04. The number of carbonyl (C=O) groups excluding carboxylic acids is 1. The van der Waals surface area contributed by atoms with Crippen molar-refractivity contribution < 1.29 is 23.1 Å². The van der Waals surface area contributed by atoms with Crippen molar-refractivity contribution in [2.45, 2.75) is 24.2 Å². The highest BCUT2D eigenvalue weighted by Gasteiger charge is 2.26. The van der Waals surface area contributed by atoms with Gasteiger partial charge in [0.15, 0.2) is 5.69 Å². The normalized spacial score (nSPS) is 15.3. The van der Waals surface area contributed by atoms with E-state index in [9.17, 15) is 18.0 Å². The molecule has 1 fully saturated rings. The zero-order valence-corrected chi connectivity index (χ0v) is 15.1. The lowest BCUT2D eigenvalue weighted by Crippen LogP contribution is -2.35. The van der Waals surface area contributed by atoms with Crippen molar-refractivity contribution in [3.63, 3.8) is 0 Å². The number of carbonyl (C=O) groups is 2. The van der Waals surface area contributed by atoms with Crippen LogP contribution in [0, 0.1) is 0 Å². The number of anilines is 1. The Hall–Kier alpha value is -2.85. The zero-order valence-electron chi connectivity index (χ0n) is 14.3. The molecule has 1 saturated heterocycles. The molecule has 142 valence electrons. The van der Waals surface area contributed by atoms with Crippen LogP contribution in [-0.2, 0) is 10.0 Å². The lowest BCUT2D eigenvalue weighted by molar-refractivity contribution is 0.0689. The molecule has 0 radical (unpaired) electrons. The molecule has 27 heavy (non-hydrogen) atoms. The maximum atomic E-state index is 12.7. The number of benzene rings is 1. The summed E-state index contributed by atoms with van der Waals surface area (Å²) < 4.78 is 26.9. The monoisotopic (exact) mass is 390 g/mol. The SMILES string of the molecule is O=C(O)c1cnc(C(=O)Nc2cccc(S(=O)(=O)N3CCCCC3)c2)cn1. The highest BCUT2D eigenvalue weighted by molar-refractivity contribution is 7.89. The molecule has 9 nitrogen and oxygen atoms in total. The van der Waals surface area contributed by atoms with Crippen molar-refractivity contribution in [2.75, 3.05) is 18.4 Å². The first kappa shape index (κ1) is 18.9. The van der Waals surface area contributed by atoms with Crippen LogP contribution in [0.1, 0.15) is 40.2 Å². The average molecular weight is 390 g/mol. The third kappa shape index (κ3) is 4.29. The zero-order chi connectivity index (χ0) is 19.4. The van der Waals surface area contributed by atoms with Gasteiger partial charge < -0.3 is 10.4 Å². The van der Waals surface area contributed by atoms with Crippen molar-refractivity contribution in [2.24, 2.45) is 0 Å². The number of hydrogen-bond acceptors (Lipinski definition) is 6. The van der Waals surface area contributed by atoms with Gasteiger partial charge in [-0.05, 0) is 31.0 Å². The molecule has 2 heterocycles. The van der Waals surface area contributed by atoms with E-state index in [0.717, 1.165) is 31.7 Å². The molecular formula is C17H18N4O5S. The van der Waals surface area contributed by atoms with Crippen LogP contribution < -0.4 is 5.32 Å². The number of rotatable bonds is 5. The minimum absolute atomic E-state index is 0.0794. The van der Waals surface area contributed by atoms with Crippen LogP contribution in [-0.4, -0.2) is 52.8 Å². The predicted octanol–water partition coefficient (Wildman–Crippen LogP) is 1.60. The summed E-state index contributed by atoms with van der Waals surface area (Å²) in [5.74, 6) is -1.86. The first-order valence-corrected chi connectivity index (χ1v) is 9.79. The molecule has 1 aromatic heterocycles. The first-order chi connectivity index (χ1) is 12.9.